The Morgan fingerprint density at radius 2 is 2.18 bits per heavy atom. The van der Waals surface area contributed by atoms with Gasteiger partial charge in [0.1, 0.15) is 5.75 Å². The van der Waals surface area contributed by atoms with E-state index in [1.165, 1.54) is 11.3 Å². The number of aliphatic hydroxyl groups is 1. The van der Waals surface area contributed by atoms with Crippen molar-refractivity contribution < 1.29 is 9.84 Å². The summed E-state index contributed by atoms with van der Waals surface area (Å²) in [6, 6.07) is 7.12. The molecular weight excluding hydrogens is 276 g/mol. The summed E-state index contributed by atoms with van der Waals surface area (Å²) in [5, 5.41) is 15.1. The molecule has 118 valence electrons. The molecule has 22 heavy (non-hydrogen) atoms. The summed E-state index contributed by atoms with van der Waals surface area (Å²) in [5.74, 6) is 0.944. The van der Waals surface area contributed by atoms with E-state index in [9.17, 15) is 5.11 Å². The lowest BCUT2D eigenvalue weighted by Gasteiger charge is -2.55. The fourth-order valence-electron chi connectivity index (χ4n) is 6.07. The molecule has 5 rings (SSSR count). The van der Waals surface area contributed by atoms with Crippen LogP contribution in [0.3, 0.4) is 0 Å². The van der Waals surface area contributed by atoms with Crippen LogP contribution in [0.2, 0.25) is 0 Å². The normalized spacial score (nSPS) is 42.3. The second-order valence-electron chi connectivity index (χ2n) is 7.55. The van der Waals surface area contributed by atoms with Gasteiger partial charge < -0.3 is 15.2 Å². The van der Waals surface area contributed by atoms with Crippen molar-refractivity contribution in [3.05, 3.63) is 23.8 Å². The number of rotatable bonds is 1. The first-order chi connectivity index (χ1) is 10.7. The lowest BCUT2D eigenvalue weighted by molar-refractivity contribution is -0.111. The topological polar surface area (TPSA) is 44.7 Å². The van der Waals surface area contributed by atoms with E-state index in [2.05, 4.69) is 22.3 Å². The van der Waals surface area contributed by atoms with E-state index in [-0.39, 0.29) is 11.5 Å². The molecule has 4 atom stereocenters. The van der Waals surface area contributed by atoms with Gasteiger partial charge in [-0.2, -0.15) is 0 Å². The molecule has 0 aromatic heterocycles. The third-order valence-electron chi connectivity index (χ3n) is 6.78. The second-order valence-corrected chi connectivity index (χ2v) is 7.55. The molecule has 1 aromatic rings. The average Bonchev–Trinajstić information content (AvgIpc) is 3.08. The molecule has 0 amide bonds. The van der Waals surface area contributed by atoms with Gasteiger partial charge in [-0.15, -0.1) is 0 Å². The predicted molar refractivity (Wildman–Crippen MR) is 85.5 cm³/mol. The molecule has 3 aliphatic heterocycles. The van der Waals surface area contributed by atoms with Crippen molar-refractivity contribution in [3.63, 3.8) is 0 Å². The smallest absolute Gasteiger partial charge is 0.142 e. The Kier molecular flexibility index (Phi) is 2.51. The lowest BCUT2D eigenvalue weighted by atomic mass is 9.58. The van der Waals surface area contributed by atoms with E-state index in [0.717, 1.165) is 50.9 Å². The third-order valence-corrected chi connectivity index (χ3v) is 6.78. The maximum absolute atomic E-state index is 11.4. The number of nitrogens with zero attached hydrogens (tertiary/aromatic N) is 1. The van der Waals surface area contributed by atoms with Gasteiger partial charge in [-0.05, 0) is 56.8 Å². The summed E-state index contributed by atoms with van der Waals surface area (Å²) < 4.78 is 5.59. The zero-order valence-electron chi connectivity index (χ0n) is 13.1. The Morgan fingerprint density at radius 3 is 3.05 bits per heavy atom. The van der Waals surface area contributed by atoms with Gasteiger partial charge in [0.05, 0.1) is 24.4 Å². The van der Waals surface area contributed by atoms with Crippen LogP contribution in [0, 0.1) is 0 Å². The number of hydrogen-bond donors (Lipinski definition) is 2. The predicted octanol–water partition coefficient (Wildman–Crippen LogP) is 2.12. The van der Waals surface area contributed by atoms with Gasteiger partial charge in [0.15, 0.2) is 0 Å². The third kappa shape index (κ3) is 1.36. The SMILES string of the molecule is COc1cccc2c1N[C@@H]1CC[C@@]3(O)CCCN4CC[C@@]21[C@H]43. The molecule has 1 aromatic carbocycles. The molecule has 0 unspecified atom stereocenters. The van der Waals surface area contributed by atoms with Gasteiger partial charge in [-0.3, -0.25) is 4.90 Å². The van der Waals surface area contributed by atoms with E-state index >= 15 is 0 Å². The van der Waals surface area contributed by atoms with Gasteiger partial charge in [0.2, 0.25) is 0 Å². The van der Waals surface area contributed by atoms with Crippen molar-refractivity contribution in [1.82, 2.24) is 4.90 Å². The first-order valence-corrected chi connectivity index (χ1v) is 8.59. The van der Waals surface area contributed by atoms with Crippen LogP contribution in [0.25, 0.3) is 0 Å². The number of hydrogen-bond acceptors (Lipinski definition) is 4. The second kappa shape index (κ2) is 4.18. The van der Waals surface area contributed by atoms with Crippen LogP contribution >= 0.6 is 0 Å². The van der Waals surface area contributed by atoms with Gasteiger partial charge in [-0.1, -0.05) is 12.1 Å². The Hall–Kier alpha value is -1.26. The Labute approximate surface area is 131 Å². The minimum absolute atomic E-state index is 0.0668. The average molecular weight is 300 g/mol. The number of benzene rings is 1. The number of piperidine rings is 1. The summed E-state index contributed by atoms with van der Waals surface area (Å²) in [7, 11) is 1.74. The van der Waals surface area contributed by atoms with Crippen molar-refractivity contribution in [1.29, 1.82) is 0 Å². The van der Waals surface area contributed by atoms with Crippen molar-refractivity contribution in [3.8, 4) is 5.75 Å². The number of methoxy groups -OCH3 is 1. The molecule has 2 N–H and O–H groups in total. The molecular formula is C18H24N2O2. The first-order valence-electron chi connectivity index (χ1n) is 8.59. The van der Waals surface area contributed by atoms with Crippen molar-refractivity contribution in [2.24, 2.45) is 0 Å². The molecule has 1 spiro atoms. The van der Waals surface area contributed by atoms with Crippen molar-refractivity contribution in [2.45, 2.75) is 55.2 Å². The fraction of sp³-hybridized carbons (Fsp3) is 0.667. The Bertz CT molecular complexity index is 634. The van der Waals surface area contributed by atoms with Gasteiger partial charge in [0.25, 0.3) is 0 Å². The van der Waals surface area contributed by atoms with Crippen LogP contribution in [-0.2, 0) is 5.41 Å². The zero-order chi connectivity index (χ0) is 14.9. The highest BCUT2D eigenvalue weighted by molar-refractivity contribution is 5.71. The van der Waals surface area contributed by atoms with E-state index in [4.69, 9.17) is 4.74 Å². The number of anilines is 1. The maximum Gasteiger partial charge on any atom is 0.142 e. The summed E-state index contributed by atoms with van der Waals surface area (Å²) in [6.07, 6.45) is 5.22. The highest BCUT2D eigenvalue weighted by Crippen LogP contribution is 2.61. The van der Waals surface area contributed by atoms with E-state index < -0.39 is 5.60 Å². The molecule has 3 fully saturated rings. The minimum atomic E-state index is -0.502. The summed E-state index contributed by atoms with van der Waals surface area (Å²) in [5.41, 5.74) is 2.12. The fourth-order valence-corrected chi connectivity index (χ4v) is 6.07. The molecule has 2 saturated heterocycles. The molecule has 3 heterocycles. The molecule has 1 saturated carbocycles. The standard InChI is InChI=1S/C18H24N2O2/c1-22-13-5-2-4-12-15(13)19-14-6-8-17(21)7-3-10-20-11-9-18(12,14)16(17)20/h2,4-5,14,16,19,21H,3,6-11H2,1H3/t14-,16-,17+,18-/m1/s1. The molecule has 4 nitrogen and oxygen atoms in total. The minimum Gasteiger partial charge on any atom is -0.495 e. The van der Waals surface area contributed by atoms with E-state index in [1.54, 1.807) is 7.11 Å². The largest absolute Gasteiger partial charge is 0.495 e. The van der Waals surface area contributed by atoms with Crippen molar-refractivity contribution >= 4 is 5.69 Å². The van der Waals surface area contributed by atoms with Gasteiger partial charge >= 0.3 is 0 Å². The van der Waals surface area contributed by atoms with Crippen LogP contribution < -0.4 is 10.1 Å². The van der Waals surface area contributed by atoms with E-state index in [0.29, 0.717) is 6.04 Å². The summed E-state index contributed by atoms with van der Waals surface area (Å²) >= 11 is 0. The number of ether oxygens (including phenoxy) is 1. The molecule has 0 bridgehead atoms. The molecule has 4 heteroatoms. The van der Waals surface area contributed by atoms with Crippen LogP contribution in [0.5, 0.6) is 5.75 Å². The zero-order valence-corrected chi connectivity index (χ0v) is 13.1. The van der Waals surface area contributed by atoms with Crippen molar-refractivity contribution in [2.75, 3.05) is 25.5 Å². The number of fused-ring (bicyclic) bond motifs is 1. The van der Waals surface area contributed by atoms with Crippen LogP contribution in [0.4, 0.5) is 5.69 Å². The Balaban J connectivity index is 1.72. The molecule has 4 aliphatic rings. The van der Waals surface area contributed by atoms with E-state index in [1.807, 2.05) is 6.07 Å². The first kappa shape index (κ1) is 13.2. The monoisotopic (exact) mass is 300 g/mol. The number of nitrogens with one attached hydrogen (secondary N) is 1. The van der Waals surface area contributed by atoms with Crippen LogP contribution in [-0.4, -0.2) is 47.9 Å². The Morgan fingerprint density at radius 1 is 1.27 bits per heavy atom. The molecule has 1 aliphatic carbocycles. The summed E-state index contributed by atoms with van der Waals surface area (Å²) in [6.45, 7) is 2.25. The van der Waals surface area contributed by atoms with Gasteiger partial charge in [-0.25, -0.2) is 0 Å². The summed E-state index contributed by atoms with van der Waals surface area (Å²) in [4.78, 5) is 2.56. The number of para-hydroxylation sites is 1. The highest BCUT2D eigenvalue weighted by Gasteiger charge is 2.66. The lowest BCUT2D eigenvalue weighted by Crippen LogP contribution is -2.66. The van der Waals surface area contributed by atoms with Gasteiger partial charge in [0, 0.05) is 11.5 Å². The van der Waals surface area contributed by atoms with Crippen LogP contribution in [0.1, 0.15) is 37.7 Å². The van der Waals surface area contributed by atoms with Crippen LogP contribution in [0.15, 0.2) is 18.2 Å². The highest BCUT2D eigenvalue weighted by atomic mass is 16.5. The molecule has 0 radical (unpaired) electrons. The quantitative estimate of drug-likeness (QED) is 0.834. The maximum atomic E-state index is 11.4.